The van der Waals surface area contributed by atoms with Crippen molar-refractivity contribution < 1.29 is 9.53 Å². The van der Waals surface area contributed by atoms with Crippen LogP contribution >= 0.6 is 0 Å². The number of ether oxygens (including phenoxy) is 1. The zero-order chi connectivity index (χ0) is 12.5. The highest BCUT2D eigenvalue weighted by Gasteiger charge is 2.16. The Balaban J connectivity index is 2.07. The van der Waals surface area contributed by atoms with Crippen LogP contribution < -0.4 is 10.1 Å². The molecule has 0 atom stereocenters. The maximum absolute atomic E-state index is 11.3. The Labute approximate surface area is 105 Å². The summed E-state index contributed by atoms with van der Waals surface area (Å²) in [6.45, 7) is 2.17. The van der Waals surface area contributed by atoms with Crippen LogP contribution in [0.4, 0.5) is 5.69 Å². The van der Waals surface area contributed by atoms with E-state index in [4.69, 9.17) is 4.74 Å². The number of aryl methyl sites for hydroxylation is 1. The van der Waals surface area contributed by atoms with Crippen LogP contribution in [0.3, 0.4) is 0 Å². The molecule has 1 heterocycles. The highest BCUT2D eigenvalue weighted by molar-refractivity contribution is 5.96. The molecule has 0 radical (unpaired) electrons. The predicted molar refractivity (Wildman–Crippen MR) is 70.7 cm³/mol. The fraction of sp³-hybridized carbons (Fsp3) is 0.133. The van der Waals surface area contributed by atoms with Gasteiger partial charge in [0.1, 0.15) is 5.75 Å². The van der Waals surface area contributed by atoms with E-state index in [1.54, 1.807) is 0 Å². The van der Waals surface area contributed by atoms with E-state index >= 15 is 0 Å². The van der Waals surface area contributed by atoms with Gasteiger partial charge in [0.25, 0.3) is 5.91 Å². The quantitative estimate of drug-likeness (QED) is 0.830. The molecule has 0 aromatic heterocycles. The first-order chi connectivity index (χ1) is 8.74. The molecule has 0 saturated heterocycles. The molecule has 1 aliphatic heterocycles. The van der Waals surface area contributed by atoms with E-state index in [-0.39, 0.29) is 12.5 Å². The van der Waals surface area contributed by atoms with Gasteiger partial charge in [-0.05, 0) is 35.7 Å². The van der Waals surface area contributed by atoms with Crippen LogP contribution in [0.2, 0.25) is 0 Å². The second-order valence-electron chi connectivity index (χ2n) is 4.36. The number of carbonyl (C=O) groups excluding carboxylic acids is 1. The molecule has 0 fully saturated rings. The summed E-state index contributed by atoms with van der Waals surface area (Å²) >= 11 is 0. The van der Waals surface area contributed by atoms with E-state index in [0.29, 0.717) is 0 Å². The van der Waals surface area contributed by atoms with Crippen LogP contribution in [0.25, 0.3) is 11.1 Å². The first kappa shape index (κ1) is 10.8. The Morgan fingerprint density at radius 3 is 2.83 bits per heavy atom. The van der Waals surface area contributed by atoms with Crippen molar-refractivity contribution in [3.8, 4) is 16.9 Å². The van der Waals surface area contributed by atoms with Gasteiger partial charge in [-0.1, -0.05) is 30.3 Å². The van der Waals surface area contributed by atoms with Crippen molar-refractivity contribution in [2.45, 2.75) is 6.92 Å². The third-order valence-corrected chi connectivity index (χ3v) is 3.07. The Bertz CT molecular complexity index is 620. The monoisotopic (exact) mass is 239 g/mol. The summed E-state index contributed by atoms with van der Waals surface area (Å²) in [5.74, 6) is 0.622. The van der Waals surface area contributed by atoms with Gasteiger partial charge in [0.05, 0.1) is 5.69 Å². The number of hydrogen-bond acceptors (Lipinski definition) is 2. The minimum Gasteiger partial charge on any atom is -0.482 e. The lowest BCUT2D eigenvalue weighted by atomic mass is 10.00. The molecule has 18 heavy (non-hydrogen) atoms. The Kier molecular flexibility index (Phi) is 2.52. The molecule has 1 aliphatic rings. The minimum absolute atomic E-state index is 0.0940. The van der Waals surface area contributed by atoms with Crippen LogP contribution in [0.15, 0.2) is 42.5 Å². The Morgan fingerprint density at radius 2 is 2.00 bits per heavy atom. The van der Waals surface area contributed by atoms with Gasteiger partial charge in [-0.15, -0.1) is 0 Å². The first-order valence-corrected chi connectivity index (χ1v) is 5.87. The standard InChI is InChI=1S/C15H13NO2/c1-10-4-2-3-5-12(10)11-6-7-14-13(8-11)16-15(17)9-18-14/h2-8H,9H2,1H3,(H,16,17). The van der Waals surface area contributed by atoms with Crippen LogP contribution in [-0.4, -0.2) is 12.5 Å². The highest BCUT2D eigenvalue weighted by atomic mass is 16.5. The first-order valence-electron chi connectivity index (χ1n) is 5.87. The third kappa shape index (κ3) is 1.84. The molecule has 0 unspecified atom stereocenters. The molecule has 1 amide bonds. The topological polar surface area (TPSA) is 38.3 Å². The summed E-state index contributed by atoms with van der Waals surface area (Å²) in [5, 5.41) is 2.83. The largest absolute Gasteiger partial charge is 0.482 e. The number of benzene rings is 2. The second-order valence-corrected chi connectivity index (χ2v) is 4.36. The van der Waals surface area contributed by atoms with E-state index in [9.17, 15) is 4.79 Å². The molecule has 0 saturated carbocycles. The van der Waals surface area contributed by atoms with Crippen molar-refractivity contribution in [1.29, 1.82) is 0 Å². The zero-order valence-electron chi connectivity index (χ0n) is 10.1. The lowest BCUT2D eigenvalue weighted by Gasteiger charge is -2.19. The van der Waals surface area contributed by atoms with Crippen LogP contribution in [0.5, 0.6) is 5.75 Å². The van der Waals surface area contributed by atoms with Gasteiger partial charge >= 0.3 is 0 Å². The fourth-order valence-electron chi connectivity index (χ4n) is 2.15. The summed E-state index contributed by atoms with van der Waals surface area (Å²) in [6.07, 6.45) is 0. The van der Waals surface area contributed by atoms with E-state index in [2.05, 4.69) is 24.4 Å². The average molecular weight is 239 g/mol. The molecule has 1 N–H and O–H groups in total. The van der Waals surface area contributed by atoms with Gasteiger partial charge in [0.15, 0.2) is 6.61 Å². The number of hydrogen-bond donors (Lipinski definition) is 1. The van der Waals surface area contributed by atoms with Crippen molar-refractivity contribution in [2.24, 2.45) is 0 Å². The van der Waals surface area contributed by atoms with Crippen LogP contribution in [-0.2, 0) is 4.79 Å². The molecule has 0 spiro atoms. The van der Waals surface area contributed by atoms with Gasteiger partial charge < -0.3 is 10.1 Å². The van der Waals surface area contributed by atoms with E-state index in [1.165, 1.54) is 11.1 Å². The molecule has 0 bridgehead atoms. The number of carbonyl (C=O) groups is 1. The normalized spacial score (nSPS) is 13.5. The lowest BCUT2D eigenvalue weighted by molar-refractivity contribution is -0.118. The maximum atomic E-state index is 11.3. The number of rotatable bonds is 1. The smallest absolute Gasteiger partial charge is 0.262 e. The molecule has 3 rings (SSSR count). The van der Waals surface area contributed by atoms with E-state index in [0.717, 1.165) is 17.0 Å². The van der Waals surface area contributed by atoms with Gasteiger partial charge in [-0.25, -0.2) is 0 Å². The number of amides is 1. The van der Waals surface area contributed by atoms with Crippen molar-refractivity contribution in [3.63, 3.8) is 0 Å². The highest BCUT2D eigenvalue weighted by Crippen LogP contribution is 2.33. The van der Waals surface area contributed by atoms with Gasteiger partial charge in [0.2, 0.25) is 0 Å². The fourth-order valence-corrected chi connectivity index (χ4v) is 2.15. The summed E-state index contributed by atoms with van der Waals surface area (Å²) in [4.78, 5) is 11.3. The average Bonchev–Trinajstić information content (AvgIpc) is 2.38. The molecule has 3 nitrogen and oxygen atoms in total. The molecule has 0 aliphatic carbocycles. The molecule has 2 aromatic rings. The van der Waals surface area contributed by atoms with Crippen LogP contribution in [0.1, 0.15) is 5.56 Å². The number of fused-ring (bicyclic) bond motifs is 1. The SMILES string of the molecule is Cc1ccccc1-c1ccc2c(c1)NC(=O)CO2. The minimum atomic E-state index is -0.107. The Morgan fingerprint density at radius 1 is 1.17 bits per heavy atom. The van der Waals surface area contributed by atoms with Gasteiger partial charge in [0, 0.05) is 0 Å². The van der Waals surface area contributed by atoms with E-state index in [1.807, 2.05) is 30.3 Å². The predicted octanol–water partition coefficient (Wildman–Crippen LogP) is 2.99. The van der Waals surface area contributed by atoms with Gasteiger partial charge in [-0.3, -0.25) is 4.79 Å². The van der Waals surface area contributed by atoms with Gasteiger partial charge in [-0.2, -0.15) is 0 Å². The Hall–Kier alpha value is -2.29. The summed E-state index contributed by atoms with van der Waals surface area (Å²) in [5.41, 5.74) is 4.20. The molecule has 2 aromatic carbocycles. The third-order valence-electron chi connectivity index (χ3n) is 3.07. The second kappa shape index (κ2) is 4.18. The van der Waals surface area contributed by atoms with Crippen molar-refractivity contribution in [1.82, 2.24) is 0 Å². The maximum Gasteiger partial charge on any atom is 0.262 e. The van der Waals surface area contributed by atoms with E-state index < -0.39 is 0 Å². The summed E-state index contributed by atoms with van der Waals surface area (Å²) < 4.78 is 5.34. The molecular weight excluding hydrogens is 226 g/mol. The number of nitrogens with one attached hydrogen (secondary N) is 1. The molecular formula is C15H13NO2. The number of anilines is 1. The van der Waals surface area contributed by atoms with Crippen molar-refractivity contribution in [3.05, 3.63) is 48.0 Å². The molecule has 90 valence electrons. The van der Waals surface area contributed by atoms with Crippen LogP contribution in [0, 0.1) is 6.92 Å². The molecule has 3 heteroatoms. The van der Waals surface area contributed by atoms with Crippen molar-refractivity contribution in [2.75, 3.05) is 11.9 Å². The van der Waals surface area contributed by atoms with Crippen molar-refractivity contribution >= 4 is 11.6 Å². The lowest BCUT2D eigenvalue weighted by Crippen LogP contribution is -2.25. The summed E-state index contributed by atoms with van der Waals surface area (Å²) in [6, 6.07) is 14.0. The zero-order valence-corrected chi connectivity index (χ0v) is 10.1. The summed E-state index contributed by atoms with van der Waals surface area (Å²) in [7, 11) is 0.